The van der Waals surface area contributed by atoms with E-state index < -0.39 is 11.5 Å². The zero-order chi connectivity index (χ0) is 8.20. The Hall–Kier alpha value is -1.05. The Labute approximate surface area is 60.2 Å². The molecule has 0 saturated carbocycles. The summed E-state index contributed by atoms with van der Waals surface area (Å²) in [6.45, 7) is 4.82. The lowest BCUT2D eigenvalue weighted by Gasteiger charge is -2.14. The third-order valence-corrected chi connectivity index (χ3v) is 1.03. The number of carbonyl (C=O) groups excluding carboxylic acids is 1. The van der Waals surface area contributed by atoms with Gasteiger partial charge in [-0.1, -0.05) is 6.58 Å². The summed E-state index contributed by atoms with van der Waals surface area (Å²) >= 11 is 0. The van der Waals surface area contributed by atoms with E-state index >= 15 is 0 Å². The summed E-state index contributed by atoms with van der Waals surface area (Å²) in [5.41, 5.74) is 6.77. The van der Waals surface area contributed by atoms with Crippen molar-refractivity contribution in [2.75, 3.05) is 7.11 Å². The highest BCUT2D eigenvalue weighted by molar-refractivity contribution is 5.82. The Balaban J connectivity index is 4.38. The highest BCUT2D eigenvalue weighted by atomic mass is 16.5. The summed E-state index contributed by atoms with van der Waals surface area (Å²) in [6.07, 6.45) is 1.36. The van der Waals surface area contributed by atoms with Crippen LogP contribution in [0.1, 0.15) is 6.92 Å². The van der Waals surface area contributed by atoms with Gasteiger partial charge in [0.25, 0.3) is 0 Å². The SMILES string of the molecule is C=C=CC(C)(N)C(=O)OC. The van der Waals surface area contributed by atoms with Gasteiger partial charge in [0, 0.05) is 0 Å². The second kappa shape index (κ2) is 3.20. The zero-order valence-corrected chi connectivity index (χ0v) is 6.18. The maximum Gasteiger partial charge on any atom is 0.330 e. The summed E-state index contributed by atoms with van der Waals surface area (Å²) in [7, 11) is 1.28. The van der Waals surface area contributed by atoms with E-state index in [1.165, 1.54) is 20.1 Å². The standard InChI is InChI=1S/C7H11NO2/c1-4-5-7(2,8)6(9)10-3/h5H,1,8H2,2-3H3. The van der Waals surface area contributed by atoms with Gasteiger partial charge in [-0.05, 0) is 13.0 Å². The number of esters is 1. The van der Waals surface area contributed by atoms with Gasteiger partial charge in [-0.15, -0.1) is 5.73 Å². The van der Waals surface area contributed by atoms with Crippen LogP contribution < -0.4 is 5.73 Å². The highest BCUT2D eigenvalue weighted by Crippen LogP contribution is 2.01. The van der Waals surface area contributed by atoms with E-state index in [1.807, 2.05) is 0 Å². The minimum Gasteiger partial charge on any atom is -0.467 e. The number of methoxy groups -OCH3 is 1. The molecule has 0 radical (unpaired) electrons. The van der Waals surface area contributed by atoms with Gasteiger partial charge in [-0.3, -0.25) is 0 Å². The summed E-state index contributed by atoms with van der Waals surface area (Å²) in [6, 6.07) is 0. The van der Waals surface area contributed by atoms with Crippen LogP contribution in [-0.4, -0.2) is 18.6 Å². The van der Waals surface area contributed by atoms with E-state index in [-0.39, 0.29) is 0 Å². The monoisotopic (exact) mass is 141 g/mol. The van der Waals surface area contributed by atoms with Crippen molar-refractivity contribution in [2.24, 2.45) is 5.73 Å². The maximum absolute atomic E-state index is 10.8. The third kappa shape index (κ3) is 2.05. The molecule has 0 aromatic heterocycles. The van der Waals surface area contributed by atoms with Crippen molar-refractivity contribution < 1.29 is 9.53 Å². The number of ether oxygens (including phenoxy) is 1. The molecule has 1 atom stereocenters. The number of hydrogen-bond acceptors (Lipinski definition) is 3. The molecule has 0 aromatic rings. The minimum atomic E-state index is -1.10. The average Bonchev–Trinajstić information content (AvgIpc) is 1.86. The fraction of sp³-hybridized carbons (Fsp3) is 0.429. The molecule has 0 aliphatic carbocycles. The van der Waals surface area contributed by atoms with Gasteiger partial charge < -0.3 is 10.5 Å². The molecule has 0 bridgehead atoms. The van der Waals surface area contributed by atoms with Crippen molar-refractivity contribution in [3.8, 4) is 0 Å². The molecule has 2 N–H and O–H groups in total. The van der Waals surface area contributed by atoms with Crippen LogP contribution in [0.15, 0.2) is 18.4 Å². The van der Waals surface area contributed by atoms with Gasteiger partial charge in [-0.2, -0.15) is 0 Å². The molecule has 0 spiro atoms. The maximum atomic E-state index is 10.8. The molecule has 0 aliphatic heterocycles. The number of nitrogens with two attached hydrogens (primary N) is 1. The first-order valence-corrected chi connectivity index (χ1v) is 2.79. The lowest BCUT2D eigenvalue weighted by Crippen LogP contribution is -2.43. The predicted octanol–water partition coefficient (Wildman–Crippen LogP) is 0.218. The summed E-state index contributed by atoms with van der Waals surface area (Å²) in [4.78, 5) is 10.8. The van der Waals surface area contributed by atoms with Crippen LogP contribution in [0.25, 0.3) is 0 Å². The Kier molecular flexibility index (Phi) is 2.87. The highest BCUT2D eigenvalue weighted by Gasteiger charge is 2.25. The molecule has 56 valence electrons. The van der Waals surface area contributed by atoms with Crippen LogP contribution in [0.2, 0.25) is 0 Å². The fourth-order valence-electron chi connectivity index (χ4n) is 0.491. The molecule has 0 fully saturated rings. The molecule has 0 amide bonds. The van der Waals surface area contributed by atoms with Crippen LogP contribution in [0, 0.1) is 0 Å². The van der Waals surface area contributed by atoms with E-state index in [0.717, 1.165) is 0 Å². The number of hydrogen-bond donors (Lipinski definition) is 1. The molecule has 10 heavy (non-hydrogen) atoms. The first-order valence-electron chi connectivity index (χ1n) is 2.79. The van der Waals surface area contributed by atoms with Crippen molar-refractivity contribution in [2.45, 2.75) is 12.5 Å². The summed E-state index contributed by atoms with van der Waals surface area (Å²) in [5.74, 6) is -0.497. The normalized spacial score (nSPS) is 14.7. The van der Waals surface area contributed by atoms with Crippen LogP contribution in [0.5, 0.6) is 0 Å². The average molecular weight is 141 g/mol. The molecule has 0 heterocycles. The van der Waals surface area contributed by atoms with Crippen molar-refractivity contribution >= 4 is 5.97 Å². The Morgan fingerprint density at radius 2 is 2.40 bits per heavy atom. The van der Waals surface area contributed by atoms with E-state index in [2.05, 4.69) is 17.0 Å². The van der Waals surface area contributed by atoms with Crippen LogP contribution in [0.3, 0.4) is 0 Å². The predicted molar refractivity (Wildman–Crippen MR) is 38.3 cm³/mol. The topological polar surface area (TPSA) is 52.3 Å². The largest absolute Gasteiger partial charge is 0.467 e. The van der Waals surface area contributed by atoms with E-state index in [0.29, 0.717) is 0 Å². The van der Waals surface area contributed by atoms with Crippen molar-refractivity contribution in [3.63, 3.8) is 0 Å². The fourth-order valence-corrected chi connectivity index (χ4v) is 0.491. The van der Waals surface area contributed by atoms with E-state index in [4.69, 9.17) is 5.73 Å². The van der Waals surface area contributed by atoms with Crippen LogP contribution in [0.4, 0.5) is 0 Å². The summed E-state index contributed by atoms with van der Waals surface area (Å²) in [5, 5.41) is 0. The smallest absolute Gasteiger partial charge is 0.330 e. The van der Waals surface area contributed by atoms with Gasteiger partial charge in [0.15, 0.2) is 0 Å². The van der Waals surface area contributed by atoms with Crippen molar-refractivity contribution in [3.05, 3.63) is 18.4 Å². The first kappa shape index (κ1) is 8.95. The van der Waals surface area contributed by atoms with Gasteiger partial charge >= 0.3 is 5.97 Å². The third-order valence-electron chi connectivity index (χ3n) is 1.03. The van der Waals surface area contributed by atoms with Gasteiger partial charge in [0.2, 0.25) is 0 Å². The van der Waals surface area contributed by atoms with Crippen molar-refractivity contribution in [1.82, 2.24) is 0 Å². The Morgan fingerprint density at radius 1 is 1.90 bits per heavy atom. The van der Waals surface area contributed by atoms with Crippen LogP contribution in [-0.2, 0) is 9.53 Å². The van der Waals surface area contributed by atoms with E-state index in [9.17, 15) is 4.79 Å². The molecule has 0 saturated heterocycles. The quantitative estimate of drug-likeness (QED) is 0.442. The Bertz CT molecular complexity index is 178. The second-order valence-corrected chi connectivity index (χ2v) is 2.12. The minimum absolute atomic E-state index is 0.497. The first-order chi connectivity index (χ1) is 4.54. The van der Waals surface area contributed by atoms with E-state index in [1.54, 1.807) is 0 Å². The lowest BCUT2D eigenvalue weighted by molar-refractivity contribution is -0.144. The summed E-state index contributed by atoms with van der Waals surface area (Å²) < 4.78 is 4.40. The van der Waals surface area contributed by atoms with Crippen LogP contribution >= 0.6 is 0 Å². The zero-order valence-electron chi connectivity index (χ0n) is 6.18. The Morgan fingerprint density at radius 3 is 2.70 bits per heavy atom. The lowest BCUT2D eigenvalue weighted by atomic mass is 10.1. The second-order valence-electron chi connectivity index (χ2n) is 2.12. The molecule has 3 nitrogen and oxygen atoms in total. The molecule has 3 heteroatoms. The molecule has 1 unspecified atom stereocenters. The molecular weight excluding hydrogens is 130 g/mol. The number of rotatable bonds is 2. The van der Waals surface area contributed by atoms with Gasteiger partial charge in [0.1, 0.15) is 5.54 Å². The van der Waals surface area contributed by atoms with Crippen molar-refractivity contribution in [1.29, 1.82) is 0 Å². The molecule has 0 rings (SSSR count). The molecule has 0 aromatic carbocycles. The van der Waals surface area contributed by atoms with Gasteiger partial charge in [0.05, 0.1) is 7.11 Å². The van der Waals surface area contributed by atoms with Gasteiger partial charge in [-0.25, -0.2) is 4.79 Å². The molecule has 0 aliphatic rings. The molecular formula is C7H11NO2. The number of carbonyl (C=O) groups is 1.